The van der Waals surface area contributed by atoms with E-state index in [2.05, 4.69) is 0 Å². The topological polar surface area (TPSA) is 63.6 Å². The molecule has 0 bridgehead atoms. The summed E-state index contributed by atoms with van der Waals surface area (Å²) in [6.45, 7) is 2.41. The molecule has 1 aromatic rings. The number of hydrogen-bond donors (Lipinski definition) is 1. The van der Waals surface area contributed by atoms with Gasteiger partial charge in [0.15, 0.2) is 0 Å². The predicted molar refractivity (Wildman–Crippen MR) is 74.9 cm³/mol. The van der Waals surface area contributed by atoms with Gasteiger partial charge in [-0.3, -0.25) is 0 Å². The van der Waals surface area contributed by atoms with E-state index in [0.717, 1.165) is 18.4 Å². The molecule has 0 radical (unpaired) electrons. The van der Waals surface area contributed by atoms with Crippen LogP contribution in [-0.4, -0.2) is 38.2 Å². The van der Waals surface area contributed by atoms with E-state index in [0.29, 0.717) is 13.0 Å². The first kappa shape index (κ1) is 15.8. The van der Waals surface area contributed by atoms with Crippen molar-refractivity contribution in [2.75, 3.05) is 6.61 Å². The molecular formula is C14H19AsO4. The normalized spacial score (nSPS) is 12.5. The van der Waals surface area contributed by atoms with E-state index in [1.165, 1.54) is 0 Å². The first-order valence-electron chi connectivity index (χ1n) is 6.33. The standard InChI is InChI=1S/C14H19AsO4/c1-2-3-9-19-14(18)15-12(13(16)17)10-11-7-5-4-6-8-11/h4-8,12,15H,2-3,9-10H2,1H3,(H,16,17). The van der Waals surface area contributed by atoms with E-state index in [1.807, 2.05) is 37.3 Å². The van der Waals surface area contributed by atoms with Crippen molar-refractivity contribution < 1.29 is 19.4 Å². The maximum atomic E-state index is 11.6. The summed E-state index contributed by atoms with van der Waals surface area (Å²) < 4.78 is 4.15. The van der Waals surface area contributed by atoms with E-state index < -0.39 is 26.4 Å². The van der Waals surface area contributed by atoms with Gasteiger partial charge >= 0.3 is 119 Å². The second-order valence-corrected chi connectivity index (χ2v) is 7.14. The molecule has 0 aliphatic carbocycles. The summed E-state index contributed by atoms with van der Waals surface area (Å²) in [5.41, 5.74) is 0.944. The van der Waals surface area contributed by atoms with E-state index in [1.54, 1.807) is 0 Å². The van der Waals surface area contributed by atoms with Gasteiger partial charge in [0.2, 0.25) is 0 Å². The molecule has 4 nitrogen and oxygen atoms in total. The average molecular weight is 326 g/mol. The molecule has 0 aliphatic heterocycles. The second-order valence-electron chi connectivity index (χ2n) is 4.21. The zero-order valence-electron chi connectivity index (χ0n) is 11.0. The number of unbranched alkanes of at least 4 members (excludes halogenated alkanes) is 1. The monoisotopic (exact) mass is 326 g/mol. The summed E-state index contributed by atoms with van der Waals surface area (Å²) in [4.78, 5) is 22.8. The van der Waals surface area contributed by atoms with Crippen LogP contribution in [0.15, 0.2) is 30.3 Å². The van der Waals surface area contributed by atoms with E-state index in [9.17, 15) is 14.7 Å². The Morgan fingerprint density at radius 2 is 2.00 bits per heavy atom. The molecule has 2 atom stereocenters. The van der Waals surface area contributed by atoms with Gasteiger partial charge in [-0.2, -0.15) is 0 Å². The minimum absolute atomic E-state index is 0.309. The molecular weight excluding hydrogens is 307 g/mol. The fraction of sp³-hybridized carbons (Fsp3) is 0.429. The van der Waals surface area contributed by atoms with Crippen LogP contribution in [0.2, 0.25) is 4.71 Å². The number of carboxylic acid groups (broad SMARTS) is 1. The number of aliphatic carboxylic acids is 1. The van der Waals surface area contributed by atoms with Gasteiger partial charge in [0.1, 0.15) is 0 Å². The fourth-order valence-electron chi connectivity index (χ4n) is 1.54. The van der Waals surface area contributed by atoms with Gasteiger partial charge in [-0.15, -0.1) is 0 Å². The second kappa shape index (κ2) is 8.76. The predicted octanol–water partition coefficient (Wildman–Crippen LogP) is 2.48. The molecule has 0 saturated heterocycles. The maximum absolute atomic E-state index is 11.6. The van der Waals surface area contributed by atoms with Crippen molar-refractivity contribution in [1.29, 1.82) is 0 Å². The quantitative estimate of drug-likeness (QED) is 0.589. The summed E-state index contributed by atoms with van der Waals surface area (Å²) in [5, 5.41) is 9.18. The van der Waals surface area contributed by atoms with Crippen LogP contribution in [0.5, 0.6) is 0 Å². The van der Waals surface area contributed by atoms with Crippen LogP contribution in [0.25, 0.3) is 0 Å². The summed E-state index contributed by atoms with van der Waals surface area (Å²) in [6.07, 6.45) is 2.19. The summed E-state index contributed by atoms with van der Waals surface area (Å²) >= 11 is -1.29. The molecule has 1 aromatic carbocycles. The van der Waals surface area contributed by atoms with Gasteiger partial charge in [0.05, 0.1) is 0 Å². The van der Waals surface area contributed by atoms with Crippen LogP contribution in [-0.2, 0) is 16.0 Å². The van der Waals surface area contributed by atoms with E-state index in [-0.39, 0.29) is 4.76 Å². The van der Waals surface area contributed by atoms with Crippen molar-refractivity contribution in [2.24, 2.45) is 0 Å². The molecule has 19 heavy (non-hydrogen) atoms. The molecule has 5 heteroatoms. The van der Waals surface area contributed by atoms with Crippen molar-refractivity contribution >= 4 is 26.5 Å². The first-order valence-corrected chi connectivity index (χ1v) is 8.59. The Labute approximate surface area is 119 Å². The molecule has 104 valence electrons. The van der Waals surface area contributed by atoms with Crippen molar-refractivity contribution in [3.63, 3.8) is 0 Å². The van der Waals surface area contributed by atoms with Crippen LogP contribution in [0.4, 0.5) is 4.79 Å². The molecule has 0 heterocycles. The Morgan fingerprint density at radius 3 is 2.58 bits per heavy atom. The van der Waals surface area contributed by atoms with Gasteiger partial charge in [0.25, 0.3) is 0 Å². The average Bonchev–Trinajstić information content (AvgIpc) is 2.39. The van der Waals surface area contributed by atoms with Gasteiger partial charge in [-0.1, -0.05) is 0 Å². The zero-order valence-corrected chi connectivity index (χ0v) is 13.1. The Balaban J connectivity index is 2.49. The molecule has 0 aromatic heterocycles. The summed E-state index contributed by atoms with van der Waals surface area (Å²) in [6, 6.07) is 9.38. The first-order chi connectivity index (χ1) is 9.13. The van der Waals surface area contributed by atoms with E-state index >= 15 is 0 Å². The van der Waals surface area contributed by atoms with Crippen LogP contribution in [0, 0.1) is 0 Å². The van der Waals surface area contributed by atoms with Crippen molar-refractivity contribution in [2.45, 2.75) is 30.9 Å². The van der Waals surface area contributed by atoms with Gasteiger partial charge in [0, 0.05) is 0 Å². The van der Waals surface area contributed by atoms with Crippen molar-refractivity contribution in [1.82, 2.24) is 0 Å². The Hall–Kier alpha value is -1.28. The van der Waals surface area contributed by atoms with Crippen LogP contribution in [0.1, 0.15) is 25.3 Å². The summed E-state index contributed by atoms with van der Waals surface area (Å²) in [5.74, 6) is -0.906. The Morgan fingerprint density at radius 1 is 1.32 bits per heavy atom. The SMILES string of the molecule is CCCCOC(=O)[AsH]C(Cc1ccccc1)C(=O)O. The number of benzene rings is 1. The summed E-state index contributed by atoms with van der Waals surface area (Å²) in [7, 11) is 0. The number of carbonyl (C=O) groups excluding carboxylic acids is 1. The molecule has 0 saturated carbocycles. The van der Waals surface area contributed by atoms with Crippen LogP contribution in [0.3, 0.4) is 0 Å². The van der Waals surface area contributed by atoms with Gasteiger partial charge in [-0.05, 0) is 0 Å². The molecule has 1 rings (SSSR count). The third-order valence-corrected chi connectivity index (χ3v) is 5.08. The third kappa shape index (κ3) is 6.44. The zero-order chi connectivity index (χ0) is 14.1. The third-order valence-electron chi connectivity index (χ3n) is 2.60. The Kier molecular flexibility index (Phi) is 7.27. The Bertz CT molecular complexity index is 405. The van der Waals surface area contributed by atoms with E-state index in [4.69, 9.17) is 4.74 Å². The number of rotatable bonds is 8. The molecule has 1 N–H and O–H groups in total. The minimum atomic E-state index is -1.29. The van der Waals surface area contributed by atoms with Gasteiger partial charge < -0.3 is 0 Å². The van der Waals surface area contributed by atoms with Crippen LogP contribution >= 0.6 is 0 Å². The number of ether oxygens (including phenoxy) is 1. The van der Waals surface area contributed by atoms with Crippen molar-refractivity contribution in [3.8, 4) is 0 Å². The number of carbonyl (C=O) groups is 2. The van der Waals surface area contributed by atoms with Crippen LogP contribution < -0.4 is 0 Å². The molecule has 2 unspecified atom stereocenters. The fourth-order valence-corrected chi connectivity index (χ4v) is 3.50. The molecule has 0 aliphatic rings. The molecule has 0 fully saturated rings. The number of carboxylic acids is 1. The molecule has 0 amide bonds. The van der Waals surface area contributed by atoms with Crippen molar-refractivity contribution in [3.05, 3.63) is 35.9 Å². The van der Waals surface area contributed by atoms with Gasteiger partial charge in [-0.25, -0.2) is 0 Å². The number of hydrogen-bond acceptors (Lipinski definition) is 3. The molecule has 0 spiro atoms.